The lowest BCUT2D eigenvalue weighted by atomic mass is 10.1. The maximum Gasteiger partial charge on any atom is 0.273 e. The molecule has 5 heteroatoms. The number of nitrogens with one attached hydrogen (secondary N) is 1. The highest BCUT2D eigenvalue weighted by molar-refractivity contribution is 5.92. The summed E-state index contributed by atoms with van der Waals surface area (Å²) in [4.78, 5) is 11.8. The Hall–Kier alpha value is -2.14. The minimum absolute atomic E-state index is 0.258. The van der Waals surface area contributed by atoms with Crippen molar-refractivity contribution in [1.29, 1.82) is 0 Å². The van der Waals surface area contributed by atoms with Gasteiger partial charge in [0.25, 0.3) is 5.91 Å². The second-order valence-electron chi connectivity index (χ2n) is 4.28. The fourth-order valence-corrected chi connectivity index (χ4v) is 1.61. The van der Waals surface area contributed by atoms with E-state index in [1.54, 1.807) is 13.2 Å². The summed E-state index contributed by atoms with van der Waals surface area (Å²) in [5.41, 5.74) is 2.49. The average molecular weight is 260 g/mol. The van der Waals surface area contributed by atoms with E-state index in [1.165, 1.54) is 5.56 Å². The lowest BCUT2D eigenvalue weighted by Crippen LogP contribution is -2.23. The van der Waals surface area contributed by atoms with Crippen molar-refractivity contribution >= 4 is 5.91 Å². The van der Waals surface area contributed by atoms with Gasteiger partial charge in [0.1, 0.15) is 6.61 Å². The zero-order valence-electron chi connectivity index (χ0n) is 11.0. The number of hydrogen-bond acceptors (Lipinski definition) is 4. The van der Waals surface area contributed by atoms with Gasteiger partial charge in [-0.3, -0.25) is 4.79 Å². The molecule has 0 bridgehead atoms. The van der Waals surface area contributed by atoms with Crippen LogP contribution in [0.4, 0.5) is 0 Å². The minimum Gasteiger partial charge on any atom is -0.377 e. The van der Waals surface area contributed by atoms with E-state index in [1.807, 2.05) is 31.2 Å². The van der Waals surface area contributed by atoms with Gasteiger partial charge in [-0.1, -0.05) is 35.0 Å². The molecule has 0 atom stereocenters. The van der Waals surface area contributed by atoms with E-state index in [9.17, 15) is 4.79 Å². The molecule has 19 heavy (non-hydrogen) atoms. The van der Waals surface area contributed by atoms with E-state index in [4.69, 9.17) is 9.26 Å². The maximum absolute atomic E-state index is 11.8. The molecule has 1 aromatic heterocycles. The molecule has 5 nitrogen and oxygen atoms in total. The molecule has 0 aliphatic rings. The van der Waals surface area contributed by atoms with Crippen LogP contribution < -0.4 is 5.32 Å². The van der Waals surface area contributed by atoms with E-state index >= 15 is 0 Å². The first kappa shape index (κ1) is 13.3. The van der Waals surface area contributed by atoms with Gasteiger partial charge < -0.3 is 14.6 Å². The molecule has 1 heterocycles. The monoisotopic (exact) mass is 260 g/mol. The summed E-state index contributed by atoms with van der Waals surface area (Å²) < 4.78 is 9.85. The molecule has 1 amide bonds. The van der Waals surface area contributed by atoms with Crippen molar-refractivity contribution in [3.63, 3.8) is 0 Å². The third kappa shape index (κ3) is 3.66. The minimum atomic E-state index is -0.258. The first-order valence-electron chi connectivity index (χ1n) is 5.97. The molecule has 1 N–H and O–H groups in total. The number of nitrogens with zero attached hydrogens (tertiary/aromatic N) is 1. The number of carbonyl (C=O) groups is 1. The average Bonchev–Trinajstić information content (AvgIpc) is 2.87. The molecular formula is C14H16N2O3. The number of hydrogen-bond donors (Lipinski definition) is 1. The third-order valence-electron chi connectivity index (χ3n) is 2.65. The van der Waals surface area contributed by atoms with Gasteiger partial charge in [-0.15, -0.1) is 0 Å². The summed E-state index contributed by atoms with van der Waals surface area (Å²) in [7, 11) is 1.56. The summed E-state index contributed by atoms with van der Waals surface area (Å²) in [6.45, 7) is 2.79. The van der Waals surface area contributed by atoms with Crippen molar-refractivity contribution < 1.29 is 14.1 Å². The normalized spacial score (nSPS) is 10.4. The largest absolute Gasteiger partial charge is 0.377 e. The number of aryl methyl sites for hydroxylation is 1. The first-order chi connectivity index (χ1) is 9.19. The van der Waals surface area contributed by atoms with Crippen LogP contribution in [0, 0.1) is 6.92 Å². The van der Waals surface area contributed by atoms with Gasteiger partial charge in [-0.05, 0) is 12.5 Å². The van der Waals surface area contributed by atoms with Gasteiger partial charge in [0.2, 0.25) is 0 Å². The molecule has 0 saturated heterocycles. The Labute approximate surface area is 111 Å². The fourth-order valence-electron chi connectivity index (χ4n) is 1.61. The van der Waals surface area contributed by atoms with E-state index in [2.05, 4.69) is 10.5 Å². The van der Waals surface area contributed by atoms with E-state index in [0.717, 1.165) is 5.56 Å². The molecule has 0 fully saturated rings. The van der Waals surface area contributed by atoms with Crippen molar-refractivity contribution in [2.24, 2.45) is 0 Å². The Morgan fingerprint density at radius 2 is 2.11 bits per heavy atom. The molecule has 1 aromatic carbocycles. The fraction of sp³-hybridized carbons (Fsp3) is 0.286. The maximum atomic E-state index is 11.8. The third-order valence-corrected chi connectivity index (χ3v) is 2.65. The molecule has 2 rings (SSSR count). The molecule has 0 aliphatic heterocycles. The van der Waals surface area contributed by atoms with Crippen molar-refractivity contribution in [3.8, 4) is 0 Å². The highest BCUT2D eigenvalue weighted by Crippen LogP contribution is 2.06. The van der Waals surface area contributed by atoms with Crippen LogP contribution in [0.15, 0.2) is 34.9 Å². The lowest BCUT2D eigenvalue weighted by Gasteiger charge is -2.03. The molecule has 100 valence electrons. The number of methoxy groups -OCH3 is 1. The number of ether oxygens (including phenoxy) is 1. The van der Waals surface area contributed by atoms with Crippen LogP contribution in [-0.4, -0.2) is 18.2 Å². The summed E-state index contributed by atoms with van der Waals surface area (Å²) in [5.74, 6) is 0.273. The standard InChI is InChI=1S/C14H16N2O3/c1-10-3-5-11(6-4-10)8-15-14(17)13-7-12(9-18-2)19-16-13/h3-7H,8-9H2,1-2H3,(H,15,17). The molecular weight excluding hydrogens is 244 g/mol. The predicted molar refractivity (Wildman–Crippen MR) is 69.6 cm³/mol. The van der Waals surface area contributed by atoms with Crippen LogP contribution in [0.5, 0.6) is 0 Å². The van der Waals surface area contributed by atoms with E-state index in [-0.39, 0.29) is 11.6 Å². The molecule has 0 saturated carbocycles. The van der Waals surface area contributed by atoms with E-state index < -0.39 is 0 Å². The Morgan fingerprint density at radius 3 is 2.79 bits per heavy atom. The number of amides is 1. The lowest BCUT2D eigenvalue weighted by molar-refractivity contribution is 0.0941. The van der Waals surface area contributed by atoms with Gasteiger partial charge in [-0.2, -0.15) is 0 Å². The Bertz CT molecular complexity index is 546. The highest BCUT2D eigenvalue weighted by atomic mass is 16.5. The van der Waals surface area contributed by atoms with Crippen LogP contribution >= 0.6 is 0 Å². The van der Waals surface area contributed by atoms with Crippen molar-refractivity contribution in [1.82, 2.24) is 10.5 Å². The number of rotatable bonds is 5. The molecule has 0 spiro atoms. The second-order valence-corrected chi connectivity index (χ2v) is 4.28. The van der Waals surface area contributed by atoms with Crippen LogP contribution in [0.3, 0.4) is 0 Å². The van der Waals surface area contributed by atoms with Gasteiger partial charge in [0, 0.05) is 19.7 Å². The summed E-state index contributed by atoms with van der Waals surface area (Å²) >= 11 is 0. The predicted octanol–water partition coefficient (Wildman–Crippen LogP) is 2.06. The van der Waals surface area contributed by atoms with Crippen molar-refractivity contribution in [2.75, 3.05) is 7.11 Å². The SMILES string of the molecule is COCc1cc(C(=O)NCc2ccc(C)cc2)no1. The van der Waals surface area contributed by atoms with Crippen LogP contribution in [-0.2, 0) is 17.9 Å². The Balaban J connectivity index is 1.91. The van der Waals surface area contributed by atoms with Gasteiger partial charge in [0.05, 0.1) is 0 Å². The number of aromatic nitrogens is 1. The van der Waals surface area contributed by atoms with Gasteiger partial charge >= 0.3 is 0 Å². The zero-order valence-corrected chi connectivity index (χ0v) is 11.0. The smallest absolute Gasteiger partial charge is 0.273 e. The molecule has 0 unspecified atom stereocenters. The molecule has 2 aromatic rings. The highest BCUT2D eigenvalue weighted by Gasteiger charge is 2.11. The second kappa shape index (κ2) is 6.15. The molecule has 0 radical (unpaired) electrons. The Morgan fingerprint density at radius 1 is 1.37 bits per heavy atom. The number of benzene rings is 1. The quantitative estimate of drug-likeness (QED) is 0.893. The topological polar surface area (TPSA) is 64.4 Å². The Kier molecular flexibility index (Phi) is 4.30. The van der Waals surface area contributed by atoms with Crippen LogP contribution in [0.25, 0.3) is 0 Å². The van der Waals surface area contributed by atoms with Crippen molar-refractivity contribution in [3.05, 3.63) is 52.9 Å². The molecule has 0 aliphatic carbocycles. The van der Waals surface area contributed by atoms with Crippen LogP contribution in [0.1, 0.15) is 27.4 Å². The summed E-state index contributed by atoms with van der Waals surface area (Å²) in [5, 5.41) is 6.48. The number of carbonyl (C=O) groups excluding carboxylic acids is 1. The first-order valence-corrected chi connectivity index (χ1v) is 5.97. The van der Waals surface area contributed by atoms with Crippen molar-refractivity contribution in [2.45, 2.75) is 20.1 Å². The van der Waals surface area contributed by atoms with Gasteiger partial charge in [-0.25, -0.2) is 0 Å². The van der Waals surface area contributed by atoms with Crippen LogP contribution in [0.2, 0.25) is 0 Å². The van der Waals surface area contributed by atoms with E-state index in [0.29, 0.717) is 18.9 Å². The summed E-state index contributed by atoms with van der Waals surface area (Å²) in [6.07, 6.45) is 0. The summed E-state index contributed by atoms with van der Waals surface area (Å²) in [6, 6.07) is 9.56. The zero-order chi connectivity index (χ0) is 13.7. The van der Waals surface area contributed by atoms with Gasteiger partial charge in [0.15, 0.2) is 11.5 Å².